The van der Waals surface area contributed by atoms with Crippen molar-refractivity contribution in [3.05, 3.63) is 70.7 Å². The van der Waals surface area contributed by atoms with Gasteiger partial charge in [-0.3, -0.25) is 9.59 Å². The molecule has 4 nitrogen and oxygen atoms in total. The molecule has 25 heavy (non-hydrogen) atoms. The molecule has 3 rings (SSSR count). The zero-order valence-electron chi connectivity index (χ0n) is 13.7. The molecule has 2 amide bonds. The SMILES string of the molecule is O=C(CCN1CCSC1=O)NC(c1ccccc1)c1cccc(Cl)c1. The van der Waals surface area contributed by atoms with Crippen LogP contribution in [-0.2, 0) is 4.79 Å². The second kappa shape index (κ2) is 8.41. The molecule has 2 aromatic rings. The zero-order chi connectivity index (χ0) is 17.6. The van der Waals surface area contributed by atoms with Crippen LogP contribution in [0.15, 0.2) is 54.6 Å². The maximum atomic E-state index is 12.5. The van der Waals surface area contributed by atoms with Gasteiger partial charge in [-0.1, -0.05) is 65.8 Å². The fourth-order valence-corrected chi connectivity index (χ4v) is 3.84. The van der Waals surface area contributed by atoms with Crippen LogP contribution in [0.5, 0.6) is 0 Å². The second-order valence-corrected chi connectivity index (χ2v) is 7.30. The molecule has 1 aliphatic heterocycles. The lowest BCUT2D eigenvalue weighted by Gasteiger charge is -2.21. The highest BCUT2D eigenvalue weighted by Gasteiger charge is 2.22. The lowest BCUT2D eigenvalue weighted by atomic mass is 9.98. The van der Waals surface area contributed by atoms with Crippen LogP contribution in [0.4, 0.5) is 4.79 Å². The van der Waals surface area contributed by atoms with E-state index in [-0.39, 0.29) is 23.6 Å². The first-order chi connectivity index (χ1) is 12.1. The van der Waals surface area contributed by atoms with Crippen molar-refractivity contribution in [1.29, 1.82) is 0 Å². The summed E-state index contributed by atoms with van der Waals surface area (Å²) in [6.45, 7) is 1.17. The third-order valence-corrected chi connectivity index (χ3v) is 5.20. The number of carbonyl (C=O) groups excluding carboxylic acids is 2. The molecule has 0 aliphatic carbocycles. The monoisotopic (exact) mass is 374 g/mol. The van der Waals surface area contributed by atoms with E-state index < -0.39 is 0 Å². The van der Waals surface area contributed by atoms with Gasteiger partial charge in [-0.2, -0.15) is 0 Å². The molecule has 1 saturated heterocycles. The fraction of sp³-hybridized carbons (Fsp3) is 0.263. The number of halogens is 1. The van der Waals surface area contributed by atoms with Crippen molar-refractivity contribution in [3.63, 3.8) is 0 Å². The summed E-state index contributed by atoms with van der Waals surface area (Å²) in [7, 11) is 0. The Morgan fingerprint density at radius 3 is 2.60 bits per heavy atom. The highest BCUT2D eigenvalue weighted by Crippen LogP contribution is 2.24. The Morgan fingerprint density at radius 2 is 1.92 bits per heavy atom. The van der Waals surface area contributed by atoms with Gasteiger partial charge in [-0.15, -0.1) is 0 Å². The third-order valence-electron chi connectivity index (χ3n) is 4.07. The Bertz CT molecular complexity index is 754. The molecule has 2 aromatic carbocycles. The van der Waals surface area contributed by atoms with Gasteiger partial charge < -0.3 is 10.2 Å². The van der Waals surface area contributed by atoms with E-state index in [1.54, 1.807) is 4.90 Å². The average molecular weight is 375 g/mol. The number of benzene rings is 2. The summed E-state index contributed by atoms with van der Waals surface area (Å²) in [5.74, 6) is 0.717. The molecule has 1 fully saturated rings. The molecule has 1 N–H and O–H groups in total. The lowest BCUT2D eigenvalue weighted by Crippen LogP contribution is -2.33. The van der Waals surface area contributed by atoms with Crippen LogP contribution in [0.1, 0.15) is 23.6 Å². The van der Waals surface area contributed by atoms with E-state index >= 15 is 0 Å². The van der Waals surface area contributed by atoms with Crippen LogP contribution in [0.25, 0.3) is 0 Å². The van der Waals surface area contributed by atoms with Crippen molar-refractivity contribution < 1.29 is 9.59 Å². The molecule has 0 radical (unpaired) electrons. The summed E-state index contributed by atoms with van der Waals surface area (Å²) in [5.41, 5.74) is 1.92. The van der Waals surface area contributed by atoms with E-state index in [9.17, 15) is 9.59 Å². The van der Waals surface area contributed by atoms with Crippen LogP contribution >= 0.6 is 23.4 Å². The Balaban J connectivity index is 1.71. The smallest absolute Gasteiger partial charge is 0.281 e. The first kappa shape index (κ1) is 17.8. The first-order valence-electron chi connectivity index (χ1n) is 8.15. The molecule has 1 unspecified atom stereocenters. The largest absolute Gasteiger partial charge is 0.345 e. The van der Waals surface area contributed by atoms with Gasteiger partial charge >= 0.3 is 0 Å². The topological polar surface area (TPSA) is 49.4 Å². The van der Waals surface area contributed by atoms with E-state index in [1.165, 1.54) is 11.8 Å². The normalized spacial score (nSPS) is 15.2. The van der Waals surface area contributed by atoms with Crippen LogP contribution in [0.2, 0.25) is 5.02 Å². The molecule has 0 saturated carbocycles. The maximum absolute atomic E-state index is 12.5. The summed E-state index contributed by atoms with van der Waals surface area (Å²) in [6, 6.07) is 17.0. The summed E-state index contributed by atoms with van der Waals surface area (Å²) >= 11 is 7.42. The van der Waals surface area contributed by atoms with Gasteiger partial charge in [0.15, 0.2) is 0 Å². The number of nitrogens with zero attached hydrogens (tertiary/aromatic N) is 1. The van der Waals surface area contributed by atoms with Gasteiger partial charge in [0.05, 0.1) is 6.04 Å². The first-order valence-corrected chi connectivity index (χ1v) is 9.51. The van der Waals surface area contributed by atoms with Crippen molar-refractivity contribution in [1.82, 2.24) is 10.2 Å². The van der Waals surface area contributed by atoms with Crippen LogP contribution in [0.3, 0.4) is 0 Å². The van der Waals surface area contributed by atoms with Crippen LogP contribution in [0, 0.1) is 0 Å². The average Bonchev–Trinajstić information content (AvgIpc) is 3.03. The van der Waals surface area contributed by atoms with Crippen LogP contribution in [-0.4, -0.2) is 34.9 Å². The second-order valence-electron chi connectivity index (χ2n) is 5.82. The summed E-state index contributed by atoms with van der Waals surface area (Å²) in [6.07, 6.45) is 0.288. The summed E-state index contributed by atoms with van der Waals surface area (Å²) in [4.78, 5) is 25.8. The lowest BCUT2D eigenvalue weighted by molar-refractivity contribution is -0.121. The number of amides is 2. The standard InChI is InChI=1S/C19H19ClN2O2S/c20-16-8-4-7-15(13-16)18(14-5-2-1-3-6-14)21-17(23)9-10-22-11-12-25-19(22)24/h1-8,13,18H,9-12H2,(H,21,23). The fourth-order valence-electron chi connectivity index (χ4n) is 2.79. The summed E-state index contributed by atoms with van der Waals surface area (Å²) < 4.78 is 0. The predicted molar refractivity (Wildman–Crippen MR) is 102 cm³/mol. The number of nitrogens with one attached hydrogen (secondary N) is 1. The Morgan fingerprint density at radius 1 is 1.16 bits per heavy atom. The van der Waals surface area contributed by atoms with Crippen molar-refractivity contribution in [2.75, 3.05) is 18.8 Å². The molecule has 0 aromatic heterocycles. The maximum Gasteiger partial charge on any atom is 0.281 e. The van der Waals surface area contributed by atoms with Gasteiger partial charge in [-0.05, 0) is 23.3 Å². The Kier molecular flexibility index (Phi) is 6.00. The van der Waals surface area contributed by atoms with Gasteiger partial charge in [0.2, 0.25) is 5.91 Å². The van der Waals surface area contributed by atoms with E-state index in [1.807, 2.05) is 54.6 Å². The number of thioether (sulfide) groups is 1. The molecule has 130 valence electrons. The molecular formula is C19H19ClN2O2S. The third kappa shape index (κ3) is 4.77. The molecular weight excluding hydrogens is 356 g/mol. The molecule has 1 heterocycles. The minimum Gasteiger partial charge on any atom is -0.345 e. The number of carbonyl (C=O) groups is 2. The number of hydrogen-bond acceptors (Lipinski definition) is 3. The number of rotatable bonds is 6. The van der Waals surface area contributed by atoms with E-state index in [0.717, 1.165) is 16.9 Å². The summed E-state index contributed by atoms with van der Waals surface area (Å²) in [5, 5.41) is 3.76. The van der Waals surface area contributed by atoms with Gasteiger partial charge in [-0.25, -0.2) is 0 Å². The van der Waals surface area contributed by atoms with Crippen molar-refractivity contribution >= 4 is 34.5 Å². The minimum atomic E-state index is -0.268. The highest BCUT2D eigenvalue weighted by molar-refractivity contribution is 8.13. The van der Waals surface area contributed by atoms with Crippen LogP contribution < -0.4 is 5.32 Å². The number of hydrogen-bond donors (Lipinski definition) is 1. The van der Waals surface area contributed by atoms with Crippen molar-refractivity contribution in [2.45, 2.75) is 12.5 Å². The molecule has 1 atom stereocenters. The van der Waals surface area contributed by atoms with E-state index in [4.69, 9.17) is 11.6 Å². The van der Waals surface area contributed by atoms with E-state index in [0.29, 0.717) is 18.1 Å². The quantitative estimate of drug-likeness (QED) is 0.827. The van der Waals surface area contributed by atoms with Gasteiger partial charge in [0, 0.05) is 30.3 Å². The van der Waals surface area contributed by atoms with E-state index in [2.05, 4.69) is 5.32 Å². The Hall–Kier alpha value is -1.98. The predicted octanol–water partition coefficient (Wildman–Crippen LogP) is 4.10. The molecule has 0 bridgehead atoms. The Labute approximate surface area is 156 Å². The molecule has 6 heteroatoms. The molecule has 1 aliphatic rings. The van der Waals surface area contributed by atoms with Crippen molar-refractivity contribution in [3.8, 4) is 0 Å². The molecule has 0 spiro atoms. The van der Waals surface area contributed by atoms with Gasteiger partial charge in [0.1, 0.15) is 0 Å². The van der Waals surface area contributed by atoms with Gasteiger partial charge in [0.25, 0.3) is 5.24 Å². The zero-order valence-corrected chi connectivity index (χ0v) is 15.2. The van der Waals surface area contributed by atoms with Crippen molar-refractivity contribution in [2.24, 2.45) is 0 Å². The minimum absolute atomic E-state index is 0.0576. The highest BCUT2D eigenvalue weighted by atomic mass is 35.5.